The Labute approximate surface area is 162 Å². The van der Waals surface area contributed by atoms with Crippen molar-refractivity contribution in [3.05, 3.63) is 52.6 Å². The Morgan fingerprint density at radius 2 is 1.70 bits per heavy atom. The lowest BCUT2D eigenvalue weighted by Crippen LogP contribution is -2.20. The Morgan fingerprint density at radius 1 is 1.00 bits per heavy atom. The molecule has 0 saturated carbocycles. The molecule has 0 aromatic heterocycles. The Kier molecular flexibility index (Phi) is 9.80. The summed E-state index contributed by atoms with van der Waals surface area (Å²) < 4.78 is 0. The van der Waals surface area contributed by atoms with E-state index in [1.807, 2.05) is 45.0 Å². The van der Waals surface area contributed by atoms with Crippen molar-refractivity contribution in [3.63, 3.8) is 0 Å². The predicted molar refractivity (Wildman–Crippen MR) is 113 cm³/mol. The van der Waals surface area contributed by atoms with Gasteiger partial charge in [0, 0.05) is 24.7 Å². The number of nitrogens with one attached hydrogen (secondary N) is 2. The standard InChI is InChI=1S/C22H31N3O2/c1-16(2)7-6-8-17(3)13-14-23-25-22(27)12-11-21(26)24-20-10-9-18(4)19(5)15-20/h7,9-10,13-15H,6,8,11-12H2,1-5H3,(H,24,26)(H,25,27). The molecule has 0 spiro atoms. The lowest BCUT2D eigenvalue weighted by Gasteiger charge is -2.07. The van der Waals surface area contributed by atoms with E-state index >= 15 is 0 Å². The first-order chi connectivity index (χ1) is 12.8. The van der Waals surface area contributed by atoms with Gasteiger partial charge in [0.05, 0.1) is 0 Å². The quantitative estimate of drug-likeness (QED) is 0.372. The molecule has 2 N–H and O–H groups in total. The molecule has 0 aliphatic heterocycles. The van der Waals surface area contributed by atoms with Crippen LogP contribution in [-0.4, -0.2) is 18.0 Å². The van der Waals surface area contributed by atoms with Gasteiger partial charge in [0.15, 0.2) is 0 Å². The van der Waals surface area contributed by atoms with E-state index in [-0.39, 0.29) is 24.7 Å². The second kappa shape index (κ2) is 11.8. The minimum Gasteiger partial charge on any atom is -0.326 e. The number of aryl methyl sites for hydroxylation is 2. The van der Waals surface area contributed by atoms with Crippen LogP contribution in [0.15, 0.2) is 46.6 Å². The molecule has 0 fully saturated rings. The second-order valence-electron chi connectivity index (χ2n) is 6.99. The topological polar surface area (TPSA) is 70.6 Å². The molecule has 27 heavy (non-hydrogen) atoms. The van der Waals surface area contributed by atoms with Gasteiger partial charge in [0.1, 0.15) is 0 Å². The van der Waals surface area contributed by atoms with Crippen LogP contribution in [0.1, 0.15) is 57.6 Å². The third kappa shape index (κ3) is 10.1. The largest absolute Gasteiger partial charge is 0.326 e. The molecule has 1 rings (SSSR count). The molecule has 0 unspecified atom stereocenters. The van der Waals surface area contributed by atoms with E-state index in [9.17, 15) is 9.59 Å². The average molecular weight is 370 g/mol. The summed E-state index contributed by atoms with van der Waals surface area (Å²) in [5.41, 5.74) is 7.98. The van der Waals surface area contributed by atoms with Gasteiger partial charge in [-0.25, -0.2) is 5.43 Å². The van der Waals surface area contributed by atoms with Crippen molar-refractivity contribution in [1.29, 1.82) is 0 Å². The first-order valence-corrected chi connectivity index (χ1v) is 9.26. The molecule has 0 bridgehead atoms. The van der Waals surface area contributed by atoms with E-state index in [0.717, 1.165) is 24.1 Å². The number of allylic oxidation sites excluding steroid dienone is 4. The smallest absolute Gasteiger partial charge is 0.240 e. The fraction of sp³-hybridized carbons (Fsp3) is 0.409. The van der Waals surface area contributed by atoms with Crippen LogP contribution in [0.5, 0.6) is 0 Å². The van der Waals surface area contributed by atoms with Crippen LogP contribution in [0.2, 0.25) is 0 Å². The van der Waals surface area contributed by atoms with Crippen LogP contribution in [0.3, 0.4) is 0 Å². The maximum absolute atomic E-state index is 11.9. The molecule has 1 aromatic rings. The van der Waals surface area contributed by atoms with Crippen molar-refractivity contribution in [2.24, 2.45) is 5.10 Å². The zero-order valence-electron chi connectivity index (χ0n) is 17.1. The highest BCUT2D eigenvalue weighted by atomic mass is 16.2. The monoisotopic (exact) mass is 369 g/mol. The SMILES string of the molecule is CC(C)=CCCC(C)=CC=NNC(=O)CCC(=O)Nc1ccc(C)c(C)c1. The van der Waals surface area contributed by atoms with Crippen LogP contribution in [-0.2, 0) is 9.59 Å². The molecule has 0 aliphatic carbocycles. The van der Waals surface area contributed by atoms with Crippen LogP contribution in [0, 0.1) is 13.8 Å². The number of carbonyl (C=O) groups is 2. The number of nitrogens with zero attached hydrogens (tertiary/aromatic N) is 1. The van der Waals surface area contributed by atoms with Crippen molar-refractivity contribution in [2.75, 3.05) is 5.32 Å². The van der Waals surface area contributed by atoms with Gasteiger partial charge in [-0.15, -0.1) is 0 Å². The molecule has 0 saturated heterocycles. The number of rotatable bonds is 9. The Balaban J connectivity index is 2.30. The van der Waals surface area contributed by atoms with Gasteiger partial charge < -0.3 is 5.32 Å². The number of benzene rings is 1. The van der Waals surface area contributed by atoms with Crippen molar-refractivity contribution < 1.29 is 9.59 Å². The highest BCUT2D eigenvalue weighted by molar-refractivity contribution is 5.93. The summed E-state index contributed by atoms with van der Waals surface area (Å²) in [7, 11) is 0. The normalized spacial score (nSPS) is 11.4. The van der Waals surface area contributed by atoms with E-state index < -0.39 is 0 Å². The van der Waals surface area contributed by atoms with Crippen LogP contribution in [0.4, 0.5) is 5.69 Å². The molecule has 0 aliphatic rings. The fourth-order valence-electron chi connectivity index (χ4n) is 2.27. The molecule has 2 amide bonds. The van der Waals surface area contributed by atoms with E-state index in [1.54, 1.807) is 6.21 Å². The van der Waals surface area contributed by atoms with Crippen LogP contribution in [0.25, 0.3) is 0 Å². The number of anilines is 1. The maximum atomic E-state index is 11.9. The molecule has 0 radical (unpaired) electrons. The Hall–Kier alpha value is -2.69. The number of carbonyl (C=O) groups excluding carboxylic acids is 2. The minimum atomic E-state index is -0.280. The summed E-state index contributed by atoms with van der Waals surface area (Å²) in [6.07, 6.45) is 7.82. The zero-order chi connectivity index (χ0) is 20.2. The lowest BCUT2D eigenvalue weighted by atomic mass is 10.1. The van der Waals surface area contributed by atoms with E-state index in [0.29, 0.717) is 0 Å². The highest BCUT2D eigenvalue weighted by Gasteiger charge is 2.07. The van der Waals surface area contributed by atoms with E-state index in [1.165, 1.54) is 16.7 Å². The van der Waals surface area contributed by atoms with Crippen LogP contribution < -0.4 is 10.7 Å². The van der Waals surface area contributed by atoms with Crippen molar-refractivity contribution in [2.45, 2.75) is 60.3 Å². The van der Waals surface area contributed by atoms with E-state index in [2.05, 4.69) is 35.8 Å². The van der Waals surface area contributed by atoms with Crippen molar-refractivity contribution in [3.8, 4) is 0 Å². The van der Waals surface area contributed by atoms with Gasteiger partial charge in [0.2, 0.25) is 11.8 Å². The molecule has 5 heteroatoms. The van der Waals surface area contributed by atoms with E-state index in [4.69, 9.17) is 0 Å². The molecular formula is C22H31N3O2. The van der Waals surface area contributed by atoms with Gasteiger partial charge in [0.25, 0.3) is 0 Å². The summed E-state index contributed by atoms with van der Waals surface area (Å²) in [5, 5.41) is 6.69. The van der Waals surface area contributed by atoms with Gasteiger partial charge in [-0.05, 0) is 76.8 Å². The summed E-state index contributed by atoms with van der Waals surface area (Å²) in [5.74, 6) is -0.468. The molecule has 5 nitrogen and oxygen atoms in total. The third-order valence-electron chi connectivity index (χ3n) is 4.08. The molecule has 146 valence electrons. The zero-order valence-corrected chi connectivity index (χ0v) is 17.1. The molecular weight excluding hydrogens is 338 g/mol. The summed E-state index contributed by atoms with van der Waals surface area (Å²) in [6, 6.07) is 5.74. The molecule has 0 atom stereocenters. The summed E-state index contributed by atoms with van der Waals surface area (Å²) in [4.78, 5) is 23.7. The Morgan fingerprint density at radius 3 is 2.37 bits per heavy atom. The average Bonchev–Trinajstić information content (AvgIpc) is 2.60. The number of hydrogen-bond donors (Lipinski definition) is 2. The summed E-state index contributed by atoms with van der Waals surface area (Å²) >= 11 is 0. The first-order valence-electron chi connectivity index (χ1n) is 9.26. The molecule has 1 aromatic carbocycles. The van der Waals surface area contributed by atoms with Gasteiger partial charge in [-0.2, -0.15) is 5.10 Å². The van der Waals surface area contributed by atoms with Gasteiger partial charge >= 0.3 is 0 Å². The number of amides is 2. The minimum absolute atomic E-state index is 0.0945. The van der Waals surface area contributed by atoms with Crippen LogP contribution >= 0.6 is 0 Å². The predicted octanol–water partition coefficient (Wildman–Crippen LogP) is 4.82. The van der Waals surface area contributed by atoms with Gasteiger partial charge in [-0.1, -0.05) is 23.3 Å². The summed E-state index contributed by atoms with van der Waals surface area (Å²) in [6.45, 7) is 10.2. The third-order valence-corrected chi connectivity index (χ3v) is 4.08. The maximum Gasteiger partial charge on any atom is 0.240 e. The van der Waals surface area contributed by atoms with Crippen molar-refractivity contribution in [1.82, 2.24) is 5.43 Å². The highest BCUT2D eigenvalue weighted by Crippen LogP contribution is 2.14. The number of hydrogen-bond acceptors (Lipinski definition) is 3. The fourth-order valence-corrected chi connectivity index (χ4v) is 2.27. The van der Waals surface area contributed by atoms with Crippen molar-refractivity contribution >= 4 is 23.7 Å². The lowest BCUT2D eigenvalue weighted by molar-refractivity contribution is -0.124. The first kappa shape index (κ1) is 22.4. The number of hydrazone groups is 1. The molecule has 0 heterocycles. The second-order valence-corrected chi connectivity index (χ2v) is 6.99. The van der Waals surface area contributed by atoms with Gasteiger partial charge in [-0.3, -0.25) is 9.59 Å². The Bertz CT molecular complexity index is 742.